The fraction of sp³-hybridized carbons (Fsp3) is 0.286. The van der Waals surface area contributed by atoms with E-state index in [-0.39, 0.29) is 23.9 Å². The van der Waals surface area contributed by atoms with E-state index < -0.39 is 11.9 Å². The quantitative estimate of drug-likeness (QED) is 0.656. The summed E-state index contributed by atoms with van der Waals surface area (Å²) in [4.78, 5) is 19.8. The van der Waals surface area contributed by atoms with Crippen molar-refractivity contribution in [2.24, 2.45) is 0 Å². The summed E-state index contributed by atoms with van der Waals surface area (Å²) < 4.78 is 39.5. The van der Waals surface area contributed by atoms with Gasteiger partial charge in [-0.3, -0.25) is 4.57 Å². The molecule has 1 unspecified atom stereocenters. The Morgan fingerprint density at radius 1 is 1.20 bits per heavy atom. The molecule has 6 nitrogen and oxygen atoms in total. The van der Waals surface area contributed by atoms with Crippen molar-refractivity contribution in [2.75, 3.05) is 0 Å². The maximum Gasteiger partial charge on any atom is 0.434 e. The van der Waals surface area contributed by atoms with Crippen molar-refractivity contribution >= 4 is 6.03 Å². The van der Waals surface area contributed by atoms with Crippen molar-refractivity contribution in [2.45, 2.75) is 37.5 Å². The van der Waals surface area contributed by atoms with Crippen LogP contribution < -0.4 is 10.6 Å². The smallest absolute Gasteiger partial charge is 0.335 e. The molecule has 0 radical (unpaired) electrons. The SMILES string of the molecule is C[C@H](NC(=O)NC1C[C@H]1c1ccccc1)c1ccnc(-n2cnc(C(F)(F)F)c2)c1. The minimum absolute atomic E-state index is 0.0966. The van der Waals surface area contributed by atoms with Crippen molar-refractivity contribution in [1.29, 1.82) is 0 Å². The van der Waals surface area contributed by atoms with Crippen LogP contribution in [0.15, 0.2) is 61.2 Å². The van der Waals surface area contributed by atoms with Gasteiger partial charge in [0.15, 0.2) is 5.69 Å². The van der Waals surface area contributed by atoms with Crippen molar-refractivity contribution < 1.29 is 18.0 Å². The average molecular weight is 415 g/mol. The molecule has 0 saturated heterocycles. The van der Waals surface area contributed by atoms with Crippen LogP contribution in [0.2, 0.25) is 0 Å². The van der Waals surface area contributed by atoms with Gasteiger partial charge in [0.25, 0.3) is 0 Å². The molecule has 9 heteroatoms. The number of benzene rings is 1. The van der Waals surface area contributed by atoms with Gasteiger partial charge >= 0.3 is 12.2 Å². The van der Waals surface area contributed by atoms with Crippen LogP contribution >= 0.6 is 0 Å². The molecule has 3 atom stereocenters. The molecule has 1 aliphatic carbocycles. The first kappa shape index (κ1) is 19.9. The molecule has 2 amide bonds. The van der Waals surface area contributed by atoms with Crippen LogP contribution in [0.4, 0.5) is 18.0 Å². The van der Waals surface area contributed by atoms with E-state index in [4.69, 9.17) is 0 Å². The van der Waals surface area contributed by atoms with Crippen molar-refractivity contribution in [1.82, 2.24) is 25.2 Å². The van der Waals surface area contributed by atoms with E-state index in [1.54, 1.807) is 19.1 Å². The second-order valence-corrected chi connectivity index (χ2v) is 7.31. The second kappa shape index (κ2) is 7.81. The Labute approximate surface area is 171 Å². The minimum atomic E-state index is -4.52. The molecule has 0 spiro atoms. The molecule has 0 aliphatic heterocycles. The number of nitrogens with zero attached hydrogens (tertiary/aromatic N) is 3. The molecule has 3 aromatic rings. The fourth-order valence-electron chi connectivity index (χ4n) is 3.35. The van der Waals surface area contributed by atoms with Gasteiger partial charge in [0.05, 0.1) is 6.04 Å². The molecular weight excluding hydrogens is 395 g/mol. The summed E-state index contributed by atoms with van der Waals surface area (Å²) >= 11 is 0. The predicted octanol–water partition coefficient (Wildman–Crippen LogP) is 4.20. The normalized spacial score (nSPS) is 19.2. The summed E-state index contributed by atoms with van der Waals surface area (Å²) in [6, 6.07) is 12.8. The monoisotopic (exact) mass is 415 g/mol. The zero-order chi connectivity index (χ0) is 21.3. The molecule has 4 rings (SSSR count). The van der Waals surface area contributed by atoms with Gasteiger partial charge in [0, 0.05) is 24.4 Å². The number of hydrogen-bond acceptors (Lipinski definition) is 3. The Morgan fingerprint density at radius 2 is 1.97 bits per heavy atom. The molecule has 1 saturated carbocycles. The fourth-order valence-corrected chi connectivity index (χ4v) is 3.35. The molecule has 2 N–H and O–H groups in total. The van der Waals surface area contributed by atoms with Crippen molar-refractivity contribution in [3.63, 3.8) is 0 Å². The third-order valence-electron chi connectivity index (χ3n) is 5.09. The minimum Gasteiger partial charge on any atom is -0.335 e. The number of pyridine rings is 1. The first-order valence-electron chi connectivity index (χ1n) is 9.51. The van der Waals surface area contributed by atoms with Crippen LogP contribution in [0.25, 0.3) is 5.82 Å². The number of halogens is 3. The third kappa shape index (κ3) is 4.45. The largest absolute Gasteiger partial charge is 0.434 e. The van der Waals surface area contributed by atoms with Crippen molar-refractivity contribution in [3.05, 3.63) is 78.0 Å². The number of urea groups is 1. The molecule has 30 heavy (non-hydrogen) atoms. The molecule has 2 heterocycles. The van der Waals surface area contributed by atoms with Gasteiger partial charge in [0.1, 0.15) is 12.1 Å². The highest BCUT2D eigenvalue weighted by molar-refractivity contribution is 5.75. The number of aromatic nitrogens is 3. The van der Waals surface area contributed by atoms with Gasteiger partial charge < -0.3 is 10.6 Å². The number of carbonyl (C=O) groups is 1. The lowest BCUT2D eigenvalue weighted by Crippen LogP contribution is -2.38. The Hall–Kier alpha value is -3.36. The number of alkyl halides is 3. The number of hydrogen-bond donors (Lipinski definition) is 2. The van der Waals surface area contributed by atoms with Crippen LogP contribution in [0.3, 0.4) is 0 Å². The molecule has 2 aromatic heterocycles. The lowest BCUT2D eigenvalue weighted by Gasteiger charge is -2.16. The van der Waals surface area contributed by atoms with E-state index >= 15 is 0 Å². The van der Waals surface area contributed by atoms with E-state index in [9.17, 15) is 18.0 Å². The highest BCUT2D eigenvalue weighted by Gasteiger charge is 2.39. The van der Waals surface area contributed by atoms with Gasteiger partial charge in [-0.25, -0.2) is 14.8 Å². The zero-order valence-electron chi connectivity index (χ0n) is 16.1. The van der Waals surface area contributed by atoms with Crippen LogP contribution in [0, 0.1) is 0 Å². The molecule has 0 bridgehead atoms. The van der Waals surface area contributed by atoms with Crippen molar-refractivity contribution in [3.8, 4) is 5.82 Å². The maximum atomic E-state index is 12.8. The number of amides is 2. The number of rotatable bonds is 5. The van der Waals surface area contributed by atoms with E-state index in [0.717, 1.165) is 18.9 Å². The molecule has 156 valence electrons. The zero-order valence-corrected chi connectivity index (χ0v) is 16.1. The Bertz CT molecular complexity index is 1030. The second-order valence-electron chi connectivity index (χ2n) is 7.31. The molecule has 1 fully saturated rings. The Kier molecular flexibility index (Phi) is 5.19. The van der Waals surface area contributed by atoms with Crippen LogP contribution in [-0.2, 0) is 6.18 Å². The predicted molar refractivity (Wildman–Crippen MR) is 104 cm³/mol. The first-order chi connectivity index (χ1) is 14.3. The Morgan fingerprint density at radius 3 is 2.67 bits per heavy atom. The van der Waals surface area contributed by atoms with Gasteiger partial charge in [-0.2, -0.15) is 13.2 Å². The highest BCUT2D eigenvalue weighted by atomic mass is 19.4. The Balaban J connectivity index is 1.37. The van der Waals surface area contributed by atoms with Crippen LogP contribution in [0.1, 0.15) is 42.1 Å². The van der Waals surface area contributed by atoms with Gasteiger partial charge in [-0.1, -0.05) is 30.3 Å². The van der Waals surface area contributed by atoms with E-state index in [1.165, 1.54) is 16.3 Å². The summed E-state index contributed by atoms with van der Waals surface area (Å²) in [6.07, 6.45) is -0.186. The van der Waals surface area contributed by atoms with E-state index in [1.807, 2.05) is 30.3 Å². The van der Waals surface area contributed by atoms with Gasteiger partial charge in [-0.05, 0) is 36.6 Å². The number of carbonyl (C=O) groups excluding carboxylic acids is 1. The standard InChI is InChI=1S/C21H20F3N5O/c1-13(27-20(30)28-17-10-16(17)14-5-3-2-4-6-14)15-7-8-25-19(9-15)29-11-18(26-12-29)21(22,23)24/h2-9,11-13,16-17H,10H2,1H3,(H2,27,28,30)/t13-,16-,17?/m0/s1. The summed E-state index contributed by atoms with van der Waals surface area (Å²) in [5.41, 5.74) is 0.929. The number of nitrogens with one attached hydrogen (secondary N) is 2. The lowest BCUT2D eigenvalue weighted by atomic mass is 10.1. The molecule has 1 aliphatic rings. The summed E-state index contributed by atoms with van der Waals surface area (Å²) in [5.74, 6) is 0.611. The van der Waals surface area contributed by atoms with Gasteiger partial charge in [-0.15, -0.1) is 0 Å². The lowest BCUT2D eigenvalue weighted by molar-refractivity contribution is -0.140. The van der Waals surface area contributed by atoms with Gasteiger partial charge in [0.2, 0.25) is 0 Å². The summed E-state index contributed by atoms with van der Waals surface area (Å²) in [7, 11) is 0. The van der Waals surface area contributed by atoms with E-state index in [2.05, 4.69) is 20.6 Å². The topological polar surface area (TPSA) is 71.8 Å². The third-order valence-corrected chi connectivity index (χ3v) is 5.09. The summed E-state index contributed by atoms with van der Waals surface area (Å²) in [5, 5.41) is 5.83. The maximum absolute atomic E-state index is 12.8. The van der Waals surface area contributed by atoms with Crippen LogP contribution in [0.5, 0.6) is 0 Å². The average Bonchev–Trinajstić information content (AvgIpc) is 3.28. The molecule has 1 aromatic carbocycles. The number of imidazole rings is 1. The first-order valence-corrected chi connectivity index (χ1v) is 9.51. The molecular formula is C21H20F3N5O. The summed E-state index contributed by atoms with van der Waals surface area (Å²) in [6.45, 7) is 1.80. The highest BCUT2D eigenvalue weighted by Crippen LogP contribution is 2.40. The van der Waals surface area contributed by atoms with Crippen LogP contribution in [-0.4, -0.2) is 26.6 Å². The van der Waals surface area contributed by atoms with E-state index in [0.29, 0.717) is 11.5 Å².